The fourth-order valence-corrected chi connectivity index (χ4v) is 3.46. The van der Waals surface area contributed by atoms with Crippen LogP contribution in [0.15, 0.2) is 36.4 Å². The topological polar surface area (TPSA) is 167 Å². The fourth-order valence-electron chi connectivity index (χ4n) is 3.00. The van der Waals surface area contributed by atoms with Gasteiger partial charge in [0, 0.05) is 36.1 Å². The Hall–Kier alpha value is -3.51. The summed E-state index contributed by atoms with van der Waals surface area (Å²) in [6.07, 6.45) is -1.29. The lowest BCUT2D eigenvalue weighted by molar-refractivity contribution is -0.128. The summed E-state index contributed by atoms with van der Waals surface area (Å²) in [6.45, 7) is 1.32. The Morgan fingerprint density at radius 2 is 1.64 bits per heavy atom. The first-order valence-electron chi connectivity index (χ1n) is 11.6. The standard InChI is InChI=1S/C24H29ClFN4O8P/c1-15-19(9-8-18(25)21(15)26)29-24(34)37-11-3-10-30(2)20(31)14-27-22(32)16-4-6-17(7-5-16)28-23(33)38-12-13-39(35)36/h4-9,35-36H,3,10-14H2,1-2H3,(H,27,32)(H,28,33)(H,29,34). The summed E-state index contributed by atoms with van der Waals surface area (Å²) in [5.74, 6) is -1.50. The highest BCUT2D eigenvalue weighted by Gasteiger charge is 2.14. The first kappa shape index (κ1) is 31.7. The summed E-state index contributed by atoms with van der Waals surface area (Å²) in [6, 6.07) is 8.61. The Bertz CT molecular complexity index is 1170. The van der Waals surface area contributed by atoms with E-state index in [0.717, 1.165) is 0 Å². The number of benzene rings is 2. The highest BCUT2D eigenvalue weighted by Crippen LogP contribution is 2.24. The number of carbonyl (C=O) groups excluding carboxylic acids is 4. The largest absolute Gasteiger partial charge is 0.449 e. The van der Waals surface area contributed by atoms with Gasteiger partial charge in [0.2, 0.25) is 5.91 Å². The van der Waals surface area contributed by atoms with E-state index >= 15 is 0 Å². The molecule has 0 radical (unpaired) electrons. The van der Waals surface area contributed by atoms with E-state index in [1.54, 1.807) is 0 Å². The van der Waals surface area contributed by atoms with Crippen LogP contribution in [0.25, 0.3) is 0 Å². The van der Waals surface area contributed by atoms with Crippen molar-refractivity contribution in [3.8, 4) is 0 Å². The van der Waals surface area contributed by atoms with Crippen molar-refractivity contribution in [2.75, 3.05) is 50.1 Å². The van der Waals surface area contributed by atoms with Crippen LogP contribution in [0.2, 0.25) is 5.02 Å². The van der Waals surface area contributed by atoms with Crippen LogP contribution >= 0.6 is 20.0 Å². The molecule has 2 aromatic rings. The Morgan fingerprint density at radius 3 is 2.31 bits per heavy atom. The van der Waals surface area contributed by atoms with E-state index in [1.165, 1.54) is 55.3 Å². The zero-order chi connectivity index (χ0) is 28.9. The van der Waals surface area contributed by atoms with Crippen molar-refractivity contribution >= 4 is 55.4 Å². The first-order chi connectivity index (χ1) is 18.5. The Morgan fingerprint density at radius 1 is 1.00 bits per heavy atom. The molecule has 4 amide bonds. The third-order valence-corrected chi connectivity index (χ3v) is 6.07. The molecule has 5 N–H and O–H groups in total. The van der Waals surface area contributed by atoms with Crippen molar-refractivity contribution in [3.63, 3.8) is 0 Å². The molecule has 0 unspecified atom stereocenters. The molecule has 0 bridgehead atoms. The van der Waals surface area contributed by atoms with E-state index in [4.69, 9.17) is 30.9 Å². The highest BCUT2D eigenvalue weighted by atomic mass is 35.5. The Labute approximate surface area is 230 Å². The van der Waals surface area contributed by atoms with Crippen LogP contribution in [0.3, 0.4) is 0 Å². The molecule has 0 atom stereocenters. The lowest BCUT2D eigenvalue weighted by atomic mass is 10.2. The summed E-state index contributed by atoms with van der Waals surface area (Å²) in [5.41, 5.74) is 1.02. The van der Waals surface area contributed by atoms with Crippen molar-refractivity contribution in [1.29, 1.82) is 0 Å². The van der Waals surface area contributed by atoms with Gasteiger partial charge >= 0.3 is 12.2 Å². The maximum atomic E-state index is 13.8. The predicted molar refractivity (Wildman–Crippen MR) is 143 cm³/mol. The number of nitrogens with one attached hydrogen (secondary N) is 3. The molecule has 39 heavy (non-hydrogen) atoms. The van der Waals surface area contributed by atoms with Gasteiger partial charge in [-0.05, 0) is 49.7 Å². The molecule has 0 saturated carbocycles. The summed E-state index contributed by atoms with van der Waals surface area (Å²) < 4.78 is 23.7. The minimum Gasteiger partial charge on any atom is -0.449 e. The van der Waals surface area contributed by atoms with Crippen molar-refractivity contribution in [1.82, 2.24) is 10.2 Å². The van der Waals surface area contributed by atoms with Crippen LogP contribution in [0, 0.1) is 12.7 Å². The van der Waals surface area contributed by atoms with Crippen LogP contribution in [0.1, 0.15) is 22.3 Å². The lowest BCUT2D eigenvalue weighted by Crippen LogP contribution is -2.38. The number of halogens is 2. The SMILES string of the molecule is Cc1c(NC(=O)OCCCN(C)C(=O)CNC(=O)c2ccc(NC(=O)OCCP(O)O)cc2)ccc(Cl)c1F. The van der Waals surface area contributed by atoms with E-state index in [-0.39, 0.29) is 60.2 Å². The summed E-state index contributed by atoms with van der Waals surface area (Å²) in [4.78, 5) is 67.1. The molecule has 0 saturated heterocycles. The zero-order valence-corrected chi connectivity index (χ0v) is 22.9. The summed E-state index contributed by atoms with van der Waals surface area (Å²) in [5, 5.41) is 7.31. The number of carbonyl (C=O) groups is 4. The molecule has 2 rings (SSSR count). The maximum Gasteiger partial charge on any atom is 0.411 e. The van der Waals surface area contributed by atoms with Crippen molar-refractivity contribution < 1.29 is 42.8 Å². The molecule has 0 aliphatic heterocycles. The van der Waals surface area contributed by atoms with Crippen LogP contribution in [0.5, 0.6) is 0 Å². The average molecular weight is 587 g/mol. The maximum absolute atomic E-state index is 13.8. The number of likely N-dealkylation sites (N-methyl/N-ethyl adjacent to an activating group) is 1. The molecule has 2 aromatic carbocycles. The van der Waals surface area contributed by atoms with Gasteiger partial charge in [-0.2, -0.15) is 0 Å². The van der Waals surface area contributed by atoms with E-state index in [0.29, 0.717) is 12.1 Å². The summed E-state index contributed by atoms with van der Waals surface area (Å²) >= 11 is 5.69. The molecule has 0 fully saturated rings. The molecule has 12 nitrogen and oxygen atoms in total. The van der Waals surface area contributed by atoms with Crippen LogP contribution < -0.4 is 16.0 Å². The van der Waals surface area contributed by atoms with Crippen molar-refractivity contribution in [2.24, 2.45) is 0 Å². The predicted octanol–water partition coefficient (Wildman–Crippen LogP) is 3.46. The van der Waals surface area contributed by atoms with Gasteiger partial charge in [-0.15, -0.1) is 0 Å². The van der Waals surface area contributed by atoms with Crippen LogP contribution in [-0.2, 0) is 14.3 Å². The molecular formula is C24H29ClFN4O8P. The number of rotatable bonds is 12. The second kappa shape index (κ2) is 15.8. The Kier molecular flexibility index (Phi) is 12.8. The fraction of sp³-hybridized carbons (Fsp3) is 0.333. The average Bonchev–Trinajstić information content (AvgIpc) is 2.90. The van der Waals surface area contributed by atoms with Gasteiger partial charge in [0.25, 0.3) is 5.91 Å². The van der Waals surface area contributed by atoms with Gasteiger partial charge < -0.3 is 29.5 Å². The van der Waals surface area contributed by atoms with Crippen LogP contribution in [-0.4, -0.2) is 78.2 Å². The van der Waals surface area contributed by atoms with Gasteiger partial charge in [-0.3, -0.25) is 20.2 Å². The van der Waals surface area contributed by atoms with E-state index in [9.17, 15) is 23.6 Å². The smallest absolute Gasteiger partial charge is 0.411 e. The van der Waals surface area contributed by atoms with Crippen LogP contribution in [0.4, 0.5) is 25.4 Å². The molecule has 0 aliphatic rings. The molecule has 0 heterocycles. The van der Waals surface area contributed by atoms with E-state index < -0.39 is 32.3 Å². The van der Waals surface area contributed by atoms with Gasteiger partial charge in [-0.1, -0.05) is 11.6 Å². The number of anilines is 2. The van der Waals surface area contributed by atoms with E-state index in [2.05, 4.69) is 16.0 Å². The van der Waals surface area contributed by atoms with Crippen molar-refractivity contribution in [3.05, 3.63) is 58.4 Å². The second-order valence-corrected chi connectivity index (χ2v) is 9.68. The minimum absolute atomic E-state index is 0.00303. The quantitative estimate of drug-likeness (QED) is 0.186. The number of hydrogen-bond donors (Lipinski definition) is 5. The van der Waals surface area contributed by atoms with Gasteiger partial charge in [0.15, 0.2) is 8.38 Å². The van der Waals surface area contributed by atoms with E-state index in [1.807, 2.05) is 0 Å². The second-order valence-electron chi connectivity index (χ2n) is 8.08. The lowest BCUT2D eigenvalue weighted by Gasteiger charge is -2.17. The number of hydrogen-bond acceptors (Lipinski definition) is 8. The number of amides is 4. The molecule has 0 aromatic heterocycles. The number of nitrogens with zero attached hydrogens (tertiary/aromatic N) is 1. The molecule has 0 aliphatic carbocycles. The van der Waals surface area contributed by atoms with Crippen molar-refractivity contribution in [2.45, 2.75) is 13.3 Å². The molecule has 0 spiro atoms. The van der Waals surface area contributed by atoms with Gasteiger partial charge in [0.1, 0.15) is 12.4 Å². The third-order valence-electron chi connectivity index (χ3n) is 5.19. The molecule has 15 heteroatoms. The number of ether oxygens (including phenoxy) is 2. The minimum atomic E-state index is -2.14. The Balaban J connectivity index is 1.67. The normalized spacial score (nSPS) is 10.5. The molecule has 212 valence electrons. The summed E-state index contributed by atoms with van der Waals surface area (Å²) in [7, 11) is -0.604. The van der Waals surface area contributed by atoms with Gasteiger partial charge in [-0.25, -0.2) is 14.0 Å². The monoisotopic (exact) mass is 586 g/mol. The molecular weight excluding hydrogens is 558 g/mol. The zero-order valence-electron chi connectivity index (χ0n) is 21.2. The first-order valence-corrected chi connectivity index (χ1v) is 13.4. The van der Waals surface area contributed by atoms with Gasteiger partial charge in [0.05, 0.1) is 24.3 Å². The third kappa shape index (κ3) is 11.0. The highest BCUT2D eigenvalue weighted by molar-refractivity contribution is 7.45.